The van der Waals surface area contributed by atoms with Crippen LogP contribution in [0.4, 0.5) is 4.39 Å². The first-order valence-corrected chi connectivity index (χ1v) is 11.4. The number of rotatable bonds is 8. The number of carbonyl (C=O) groups excluding carboxylic acids is 2. The van der Waals surface area contributed by atoms with Gasteiger partial charge in [-0.2, -0.15) is 15.0 Å². The fourth-order valence-electron chi connectivity index (χ4n) is 4.83. The summed E-state index contributed by atoms with van der Waals surface area (Å²) >= 11 is 5.63. The van der Waals surface area contributed by atoms with Crippen molar-refractivity contribution in [2.24, 2.45) is 5.41 Å². The Morgan fingerprint density at radius 1 is 1.18 bits per heavy atom. The van der Waals surface area contributed by atoms with E-state index in [1.807, 2.05) is 4.90 Å². The Labute approximate surface area is 195 Å². The van der Waals surface area contributed by atoms with Crippen LogP contribution in [0.15, 0.2) is 30.6 Å². The molecular formula is C22H25ClFN5O4. The smallest absolute Gasteiger partial charge is 0.258 e. The third kappa shape index (κ3) is 4.81. The van der Waals surface area contributed by atoms with Crippen LogP contribution < -0.4 is 10.1 Å². The molecule has 2 aliphatic carbocycles. The predicted molar refractivity (Wildman–Crippen MR) is 115 cm³/mol. The van der Waals surface area contributed by atoms with Crippen LogP contribution in [0.1, 0.15) is 31.7 Å². The molecule has 3 aliphatic rings. The number of nitrogens with one attached hydrogen (secondary N) is 1. The quantitative estimate of drug-likeness (QED) is 0.624. The van der Waals surface area contributed by atoms with Crippen LogP contribution in [-0.4, -0.2) is 70.2 Å². The van der Waals surface area contributed by atoms with Crippen molar-refractivity contribution in [3.8, 4) is 5.75 Å². The first-order valence-electron chi connectivity index (χ1n) is 11.0. The lowest BCUT2D eigenvalue weighted by Crippen LogP contribution is -2.68. The normalized spacial score (nSPS) is 23.4. The zero-order valence-electron chi connectivity index (χ0n) is 18.0. The van der Waals surface area contributed by atoms with E-state index in [0.717, 1.165) is 31.7 Å². The molecule has 1 saturated heterocycles. The highest BCUT2D eigenvalue weighted by Crippen LogP contribution is 2.48. The Hall–Kier alpha value is -2.72. The number of amides is 2. The fraction of sp³-hybridized carbons (Fsp3) is 0.545. The molecule has 1 N–H and O–H groups in total. The number of nitrogens with zero attached hydrogens (tertiary/aromatic N) is 4. The van der Waals surface area contributed by atoms with Crippen molar-refractivity contribution in [2.45, 2.75) is 43.9 Å². The van der Waals surface area contributed by atoms with Crippen molar-refractivity contribution in [3.63, 3.8) is 0 Å². The molecule has 1 aliphatic heterocycles. The van der Waals surface area contributed by atoms with E-state index >= 15 is 0 Å². The minimum absolute atomic E-state index is 0.00534. The number of hydrogen-bond donors (Lipinski definition) is 1. The van der Waals surface area contributed by atoms with Gasteiger partial charge in [-0.3, -0.25) is 9.59 Å². The summed E-state index contributed by atoms with van der Waals surface area (Å²) in [5.41, 5.74) is 0.0983. The van der Waals surface area contributed by atoms with E-state index in [-0.39, 0.29) is 59.4 Å². The molecule has 0 atom stereocenters. The molecule has 1 aromatic carbocycles. The van der Waals surface area contributed by atoms with Gasteiger partial charge in [0, 0.05) is 30.6 Å². The van der Waals surface area contributed by atoms with Crippen LogP contribution >= 0.6 is 11.6 Å². The van der Waals surface area contributed by atoms with Crippen molar-refractivity contribution in [3.05, 3.63) is 41.4 Å². The Bertz CT molecular complexity index is 1020. The van der Waals surface area contributed by atoms with E-state index in [9.17, 15) is 14.0 Å². The highest BCUT2D eigenvalue weighted by molar-refractivity contribution is 6.30. The SMILES string of the molecule is O=C(COc1ccc(Cl)c(F)c1)NC1CC2(C1)CN(C(=O)COC1CC(n3nccn3)C1)C2. The van der Waals surface area contributed by atoms with Gasteiger partial charge in [0.15, 0.2) is 6.61 Å². The second kappa shape index (κ2) is 8.90. The largest absolute Gasteiger partial charge is 0.484 e. The fourth-order valence-corrected chi connectivity index (χ4v) is 4.95. The summed E-state index contributed by atoms with van der Waals surface area (Å²) in [6.45, 7) is 1.31. The summed E-state index contributed by atoms with van der Waals surface area (Å²) in [6.07, 6.45) is 6.71. The molecule has 33 heavy (non-hydrogen) atoms. The minimum atomic E-state index is -0.589. The van der Waals surface area contributed by atoms with Gasteiger partial charge in [-0.15, -0.1) is 0 Å². The van der Waals surface area contributed by atoms with Gasteiger partial charge in [0.1, 0.15) is 18.2 Å². The number of hydrogen-bond acceptors (Lipinski definition) is 6. The van der Waals surface area contributed by atoms with Gasteiger partial charge in [-0.05, 0) is 37.8 Å². The molecule has 2 saturated carbocycles. The molecule has 9 nitrogen and oxygen atoms in total. The van der Waals surface area contributed by atoms with E-state index in [4.69, 9.17) is 21.1 Å². The van der Waals surface area contributed by atoms with Gasteiger partial charge in [0.2, 0.25) is 5.91 Å². The number of aromatic nitrogens is 3. The lowest BCUT2D eigenvalue weighted by molar-refractivity contribution is -0.162. The van der Waals surface area contributed by atoms with Gasteiger partial charge < -0.3 is 19.7 Å². The molecule has 2 amide bonds. The zero-order chi connectivity index (χ0) is 23.0. The summed E-state index contributed by atoms with van der Waals surface area (Å²) in [5.74, 6) is -0.580. The summed E-state index contributed by atoms with van der Waals surface area (Å²) in [5, 5.41) is 11.2. The Kier molecular flexibility index (Phi) is 5.96. The van der Waals surface area contributed by atoms with Gasteiger partial charge >= 0.3 is 0 Å². The third-order valence-corrected chi connectivity index (χ3v) is 6.97. The summed E-state index contributed by atoms with van der Waals surface area (Å²) in [6, 6.07) is 4.38. The van der Waals surface area contributed by atoms with Crippen LogP contribution in [0.3, 0.4) is 0 Å². The molecule has 2 heterocycles. The second-order valence-electron chi connectivity index (χ2n) is 9.19. The van der Waals surface area contributed by atoms with Crippen molar-refractivity contribution in [2.75, 3.05) is 26.3 Å². The zero-order valence-corrected chi connectivity index (χ0v) is 18.7. The molecule has 0 bridgehead atoms. The van der Waals surface area contributed by atoms with Crippen LogP contribution in [0.5, 0.6) is 5.75 Å². The number of likely N-dealkylation sites (tertiary alicyclic amines) is 1. The lowest BCUT2D eigenvalue weighted by Gasteiger charge is -2.59. The van der Waals surface area contributed by atoms with Crippen LogP contribution in [0.25, 0.3) is 0 Å². The molecule has 11 heteroatoms. The molecule has 1 aromatic heterocycles. The minimum Gasteiger partial charge on any atom is -0.484 e. The first kappa shape index (κ1) is 22.1. The van der Waals surface area contributed by atoms with Crippen molar-refractivity contribution < 1.29 is 23.5 Å². The average Bonchev–Trinajstić information content (AvgIpc) is 3.22. The van der Waals surface area contributed by atoms with E-state index in [1.54, 1.807) is 17.2 Å². The summed E-state index contributed by atoms with van der Waals surface area (Å²) in [4.78, 5) is 28.0. The maximum Gasteiger partial charge on any atom is 0.258 e. The summed E-state index contributed by atoms with van der Waals surface area (Å²) in [7, 11) is 0. The average molecular weight is 478 g/mol. The number of carbonyl (C=O) groups is 2. The second-order valence-corrected chi connectivity index (χ2v) is 9.60. The standard InChI is InChI=1S/C22H25ClFN5O4/c23-18-2-1-16(7-19(18)24)32-10-20(30)27-14-8-22(9-14)12-28(13-22)21(31)11-33-17-5-15(6-17)29-25-3-4-26-29/h1-4,7,14-15,17H,5-6,8-13H2,(H,27,30). The predicted octanol–water partition coefficient (Wildman–Crippen LogP) is 1.98. The molecule has 0 unspecified atom stereocenters. The number of ether oxygens (including phenoxy) is 2. The Morgan fingerprint density at radius 3 is 2.61 bits per heavy atom. The maximum atomic E-state index is 13.4. The lowest BCUT2D eigenvalue weighted by atomic mass is 9.60. The number of benzene rings is 1. The van der Waals surface area contributed by atoms with Crippen LogP contribution in [0, 0.1) is 11.2 Å². The van der Waals surface area contributed by atoms with E-state index < -0.39 is 5.82 Å². The van der Waals surface area contributed by atoms with Crippen LogP contribution in [0.2, 0.25) is 5.02 Å². The summed E-state index contributed by atoms with van der Waals surface area (Å²) < 4.78 is 24.5. The topological polar surface area (TPSA) is 98.6 Å². The van der Waals surface area contributed by atoms with Crippen molar-refractivity contribution in [1.29, 1.82) is 0 Å². The molecular weight excluding hydrogens is 453 g/mol. The molecule has 3 fully saturated rings. The van der Waals surface area contributed by atoms with Crippen molar-refractivity contribution >= 4 is 23.4 Å². The third-order valence-electron chi connectivity index (χ3n) is 6.67. The van der Waals surface area contributed by atoms with Gasteiger partial charge in [-0.1, -0.05) is 11.6 Å². The maximum absolute atomic E-state index is 13.4. The van der Waals surface area contributed by atoms with Gasteiger partial charge in [-0.25, -0.2) is 4.39 Å². The van der Waals surface area contributed by atoms with E-state index in [2.05, 4.69) is 15.5 Å². The molecule has 176 valence electrons. The van der Waals surface area contributed by atoms with E-state index in [1.165, 1.54) is 12.1 Å². The highest BCUT2D eigenvalue weighted by atomic mass is 35.5. The van der Waals surface area contributed by atoms with Crippen molar-refractivity contribution in [1.82, 2.24) is 25.2 Å². The van der Waals surface area contributed by atoms with Gasteiger partial charge in [0.25, 0.3) is 5.91 Å². The molecule has 1 spiro atoms. The Morgan fingerprint density at radius 2 is 1.91 bits per heavy atom. The van der Waals surface area contributed by atoms with Crippen LogP contribution in [-0.2, 0) is 14.3 Å². The monoisotopic (exact) mass is 477 g/mol. The molecule has 2 aromatic rings. The number of halogens is 2. The first-order chi connectivity index (χ1) is 15.9. The Balaban J connectivity index is 0.949. The molecule has 5 rings (SSSR count). The highest BCUT2D eigenvalue weighted by Gasteiger charge is 2.54. The van der Waals surface area contributed by atoms with Gasteiger partial charge in [0.05, 0.1) is 29.6 Å². The van der Waals surface area contributed by atoms with E-state index in [0.29, 0.717) is 13.1 Å². The molecule has 0 radical (unpaired) electrons.